The van der Waals surface area contributed by atoms with Crippen LogP contribution in [0.25, 0.3) is 0 Å². The SMILES string of the molecule is CO[C@H]1C[C@H](c2nc(C)no2)N(C(=O)NC2[C@H]3[C@H]4CC[C@@H](C4)[C@H]23)C1. The number of likely N-dealkylation sites (tertiary alicyclic amines) is 1. The summed E-state index contributed by atoms with van der Waals surface area (Å²) in [7, 11) is 1.69. The van der Waals surface area contributed by atoms with E-state index >= 15 is 0 Å². The zero-order chi connectivity index (χ0) is 16.4. The van der Waals surface area contributed by atoms with E-state index < -0.39 is 0 Å². The Kier molecular flexibility index (Phi) is 3.17. The number of hydrogen-bond acceptors (Lipinski definition) is 5. The molecular weight excluding hydrogens is 308 g/mol. The molecule has 0 spiro atoms. The first-order valence-electron chi connectivity index (χ1n) is 9.06. The van der Waals surface area contributed by atoms with Crippen molar-refractivity contribution < 1.29 is 14.1 Å². The molecule has 2 heterocycles. The highest BCUT2D eigenvalue weighted by Gasteiger charge is 2.65. The van der Waals surface area contributed by atoms with Crippen molar-refractivity contribution >= 4 is 6.03 Å². The van der Waals surface area contributed by atoms with Gasteiger partial charge in [-0.15, -0.1) is 0 Å². The maximum absolute atomic E-state index is 12.9. The van der Waals surface area contributed by atoms with Crippen LogP contribution < -0.4 is 5.32 Å². The Morgan fingerprint density at radius 1 is 1.29 bits per heavy atom. The van der Waals surface area contributed by atoms with Crippen LogP contribution in [0, 0.1) is 30.6 Å². The van der Waals surface area contributed by atoms with E-state index in [1.54, 1.807) is 14.0 Å². The van der Waals surface area contributed by atoms with Crippen molar-refractivity contribution in [3.05, 3.63) is 11.7 Å². The van der Waals surface area contributed by atoms with Crippen molar-refractivity contribution in [2.75, 3.05) is 13.7 Å². The molecule has 3 aliphatic carbocycles. The van der Waals surface area contributed by atoms with Crippen LogP contribution in [0.1, 0.15) is 43.4 Å². The second-order valence-corrected chi connectivity index (χ2v) is 7.90. The number of nitrogens with one attached hydrogen (secondary N) is 1. The number of ether oxygens (including phenoxy) is 1. The van der Waals surface area contributed by atoms with Gasteiger partial charge in [-0.2, -0.15) is 4.98 Å². The number of carbonyl (C=O) groups excluding carboxylic acids is 1. The van der Waals surface area contributed by atoms with Crippen LogP contribution in [0.2, 0.25) is 0 Å². The highest BCUT2D eigenvalue weighted by Crippen LogP contribution is 2.65. The minimum absolute atomic E-state index is 0.00537. The highest BCUT2D eigenvalue weighted by atomic mass is 16.5. The molecular formula is C17H24N4O3. The summed E-state index contributed by atoms with van der Waals surface area (Å²) in [5.41, 5.74) is 0. The van der Waals surface area contributed by atoms with Gasteiger partial charge in [-0.25, -0.2) is 4.79 Å². The Bertz CT molecular complexity index is 646. The smallest absolute Gasteiger partial charge is 0.318 e. The lowest BCUT2D eigenvalue weighted by Gasteiger charge is -2.23. The van der Waals surface area contributed by atoms with Gasteiger partial charge in [0.15, 0.2) is 5.82 Å². The normalized spacial score (nSPS) is 42.4. The molecule has 130 valence electrons. The van der Waals surface area contributed by atoms with E-state index in [0.29, 0.717) is 30.7 Å². The topological polar surface area (TPSA) is 80.5 Å². The molecule has 1 saturated heterocycles. The molecule has 24 heavy (non-hydrogen) atoms. The molecule has 5 rings (SSSR count). The average Bonchev–Trinajstić information content (AvgIpc) is 3.10. The summed E-state index contributed by atoms with van der Waals surface area (Å²) in [6.07, 6.45) is 4.83. The van der Waals surface area contributed by atoms with Gasteiger partial charge in [-0.3, -0.25) is 0 Å². The molecule has 1 aliphatic heterocycles. The second-order valence-electron chi connectivity index (χ2n) is 7.90. The van der Waals surface area contributed by atoms with Crippen LogP contribution >= 0.6 is 0 Å². The molecule has 0 unspecified atom stereocenters. The predicted octanol–water partition coefficient (Wildman–Crippen LogP) is 1.89. The van der Waals surface area contributed by atoms with Crippen LogP contribution in [0.5, 0.6) is 0 Å². The van der Waals surface area contributed by atoms with E-state index in [1.807, 2.05) is 4.90 Å². The highest BCUT2D eigenvalue weighted by molar-refractivity contribution is 5.76. The predicted molar refractivity (Wildman–Crippen MR) is 84.0 cm³/mol. The van der Waals surface area contributed by atoms with Gasteiger partial charge >= 0.3 is 6.03 Å². The third kappa shape index (κ3) is 2.10. The fourth-order valence-corrected chi connectivity index (χ4v) is 5.62. The quantitative estimate of drug-likeness (QED) is 0.914. The lowest BCUT2D eigenvalue weighted by Crippen LogP contribution is -2.42. The van der Waals surface area contributed by atoms with Crippen molar-refractivity contribution in [1.29, 1.82) is 0 Å². The zero-order valence-corrected chi connectivity index (χ0v) is 14.1. The molecule has 7 nitrogen and oxygen atoms in total. The summed E-state index contributed by atoms with van der Waals surface area (Å²) in [5.74, 6) is 4.28. The monoisotopic (exact) mass is 332 g/mol. The summed E-state index contributed by atoms with van der Waals surface area (Å²) >= 11 is 0. The molecule has 3 saturated carbocycles. The van der Waals surface area contributed by atoms with E-state index in [9.17, 15) is 4.79 Å². The fourth-order valence-electron chi connectivity index (χ4n) is 5.62. The minimum atomic E-state index is -0.188. The van der Waals surface area contributed by atoms with Crippen LogP contribution in [0.4, 0.5) is 4.79 Å². The number of carbonyl (C=O) groups is 1. The Morgan fingerprint density at radius 2 is 2.04 bits per heavy atom. The summed E-state index contributed by atoms with van der Waals surface area (Å²) in [5, 5.41) is 7.16. The summed E-state index contributed by atoms with van der Waals surface area (Å²) in [6.45, 7) is 2.37. The molecule has 7 heteroatoms. The first kappa shape index (κ1) is 14.7. The van der Waals surface area contributed by atoms with Crippen molar-refractivity contribution in [3.63, 3.8) is 0 Å². The van der Waals surface area contributed by atoms with E-state index in [4.69, 9.17) is 9.26 Å². The molecule has 2 bridgehead atoms. The molecule has 4 fully saturated rings. The standard InChI is InChI=1S/C17H24N4O3/c1-8-18-16(24-20-8)12-6-11(23-2)7-21(12)17(22)19-15-13-9-3-4-10(5-9)14(13)15/h9-15H,3-7H2,1-2H3,(H,19,22)/t9-,10-,11-,12+,13-,14-/m0/s1. The summed E-state index contributed by atoms with van der Waals surface area (Å²) < 4.78 is 10.8. The van der Waals surface area contributed by atoms with Gasteiger partial charge in [-0.05, 0) is 49.9 Å². The molecule has 4 aliphatic rings. The van der Waals surface area contributed by atoms with Gasteiger partial charge in [0.25, 0.3) is 0 Å². The van der Waals surface area contributed by atoms with Crippen molar-refractivity contribution in [3.8, 4) is 0 Å². The Hall–Kier alpha value is -1.63. The largest absolute Gasteiger partial charge is 0.380 e. The maximum atomic E-state index is 12.9. The van der Waals surface area contributed by atoms with Crippen LogP contribution in [-0.2, 0) is 4.74 Å². The Balaban J connectivity index is 1.30. The molecule has 1 aromatic rings. The van der Waals surface area contributed by atoms with Crippen molar-refractivity contribution in [2.24, 2.45) is 23.7 Å². The number of aryl methyl sites for hydroxylation is 1. The molecule has 1 aromatic heterocycles. The minimum Gasteiger partial charge on any atom is -0.380 e. The number of rotatable bonds is 3. The third-order valence-corrected chi connectivity index (χ3v) is 6.71. The number of amides is 2. The number of methoxy groups -OCH3 is 1. The van der Waals surface area contributed by atoms with Crippen LogP contribution in [-0.4, -0.2) is 46.9 Å². The number of fused-ring (bicyclic) bond motifs is 5. The molecule has 6 atom stereocenters. The van der Waals surface area contributed by atoms with E-state index in [1.165, 1.54) is 19.3 Å². The van der Waals surface area contributed by atoms with Gasteiger partial charge < -0.3 is 19.5 Å². The number of hydrogen-bond donors (Lipinski definition) is 1. The maximum Gasteiger partial charge on any atom is 0.318 e. The Morgan fingerprint density at radius 3 is 2.67 bits per heavy atom. The first-order valence-corrected chi connectivity index (χ1v) is 9.06. The fraction of sp³-hybridized carbons (Fsp3) is 0.824. The number of urea groups is 1. The molecule has 2 amide bonds. The second kappa shape index (κ2) is 5.18. The molecule has 1 N–H and O–H groups in total. The van der Waals surface area contributed by atoms with Gasteiger partial charge in [0.2, 0.25) is 5.89 Å². The zero-order valence-electron chi connectivity index (χ0n) is 14.1. The number of nitrogens with zero attached hydrogens (tertiary/aromatic N) is 3. The lowest BCUT2D eigenvalue weighted by atomic mass is 10.0. The van der Waals surface area contributed by atoms with Gasteiger partial charge in [0.05, 0.1) is 6.10 Å². The molecule has 0 radical (unpaired) electrons. The van der Waals surface area contributed by atoms with E-state index in [0.717, 1.165) is 23.7 Å². The third-order valence-electron chi connectivity index (χ3n) is 6.71. The van der Waals surface area contributed by atoms with Gasteiger partial charge in [-0.1, -0.05) is 5.16 Å². The molecule has 0 aromatic carbocycles. The average molecular weight is 332 g/mol. The van der Waals surface area contributed by atoms with E-state index in [2.05, 4.69) is 15.5 Å². The first-order chi connectivity index (χ1) is 11.7. The van der Waals surface area contributed by atoms with E-state index in [-0.39, 0.29) is 18.2 Å². The Labute approximate surface area is 141 Å². The van der Waals surface area contributed by atoms with Crippen LogP contribution in [0.15, 0.2) is 4.52 Å². The summed E-state index contributed by atoms with van der Waals surface area (Å²) in [4.78, 5) is 19.0. The van der Waals surface area contributed by atoms with Crippen molar-refractivity contribution in [2.45, 2.75) is 50.8 Å². The number of aromatic nitrogens is 2. The summed E-state index contributed by atoms with van der Waals surface area (Å²) in [6, 6.07) is 0.191. The van der Waals surface area contributed by atoms with Gasteiger partial charge in [0, 0.05) is 26.1 Å². The van der Waals surface area contributed by atoms with Crippen LogP contribution in [0.3, 0.4) is 0 Å². The van der Waals surface area contributed by atoms with Crippen molar-refractivity contribution in [1.82, 2.24) is 20.4 Å². The lowest BCUT2D eigenvalue weighted by molar-refractivity contribution is 0.110. The van der Waals surface area contributed by atoms with Gasteiger partial charge in [0.1, 0.15) is 6.04 Å².